The van der Waals surface area contributed by atoms with Gasteiger partial charge in [-0.2, -0.15) is 5.26 Å². The van der Waals surface area contributed by atoms with Crippen LogP contribution in [0.2, 0.25) is 0 Å². The number of rotatable bonds is 3. The molecule has 0 amide bonds. The van der Waals surface area contributed by atoms with Gasteiger partial charge in [0.05, 0.1) is 18.0 Å². The highest BCUT2D eigenvalue weighted by atomic mass is 15.2. The Bertz CT molecular complexity index is 710. The van der Waals surface area contributed by atoms with Gasteiger partial charge in [-0.25, -0.2) is 4.99 Å². The van der Waals surface area contributed by atoms with Crippen molar-refractivity contribution in [1.82, 2.24) is 10.2 Å². The molecule has 1 saturated heterocycles. The van der Waals surface area contributed by atoms with E-state index in [9.17, 15) is 5.26 Å². The van der Waals surface area contributed by atoms with Crippen LogP contribution in [0.4, 0.5) is 0 Å². The first-order valence-electron chi connectivity index (χ1n) is 7.89. The highest BCUT2D eigenvalue weighted by Gasteiger charge is 2.24. The molecule has 3 N–H and O–H groups in total. The second kappa shape index (κ2) is 6.67. The van der Waals surface area contributed by atoms with Crippen LogP contribution in [-0.4, -0.2) is 30.4 Å². The monoisotopic (exact) mass is 307 g/mol. The quantitative estimate of drug-likeness (QED) is 0.894. The molecule has 5 heteroatoms. The van der Waals surface area contributed by atoms with Crippen molar-refractivity contribution in [2.24, 2.45) is 10.7 Å². The lowest BCUT2D eigenvalue weighted by Crippen LogP contribution is -2.43. The van der Waals surface area contributed by atoms with Crippen LogP contribution in [-0.2, 0) is 6.42 Å². The highest BCUT2D eigenvalue weighted by molar-refractivity contribution is 5.65. The Kier molecular flexibility index (Phi) is 4.45. The van der Waals surface area contributed by atoms with Crippen LogP contribution in [0.1, 0.15) is 24.0 Å². The number of nitrogens with two attached hydrogens (primary N) is 1. The molecule has 5 nitrogen and oxygen atoms in total. The number of hydrogen-bond acceptors (Lipinski definition) is 5. The van der Waals surface area contributed by atoms with E-state index in [1.165, 1.54) is 0 Å². The van der Waals surface area contributed by atoms with E-state index in [1.54, 1.807) is 6.34 Å². The van der Waals surface area contributed by atoms with Gasteiger partial charge < -0.3 is 16.0 Å². The number of allylic oxidation sites excluding steroid dienone is 1. The van der Waals surface area contributed by atoms with Gasteiger partial charge in [0.1, 0.15) is 5.82 Å². The second-order valence-electron chi connectivity index (χ2n) is 5.98. The van der Waals surface area contributed by atoms with E-state index >= 15 is 0 Å². The highest BCUT2D eigenvalue weighted by Crippen LogP contribution is 2.26. The van der Waals surface area contributed by atoms with Crippen LogP contribution < -0.4 is 11.1 Å². The maximum Gasteiger partial charge on any atom is 0.135 e. The standard InChI is InChI=1S/C18H21N5/c1-13-17(9-14-5-2-3-6-15(14)10-19)18(22-12-21-13)23-8-4-7-16(20)11-23/h2-3,5-6,12,16H,1,4,7-9,11,20H2,(H,21,22)/t16-/m0/s1. The first-order chi connectivity index (χ1) is 11.2. The predicted octanol–water partition coefficient (Wildman–Crippen LogP) is 1.88. The normalized spacial score (nSPS) is 21.1. The molecule has 1 fully saturated rings. The third-order valence-electron chi connectivity index (χ3n) is 4.32. The fourth-order valence-electron chi connectivity index (χ4n) is 3.11. The molecule has 0 aliphatic carbocycles. The number of likely N-dealkylation sites (tertiary alicyclic amines) is 1. The average Bonchev–Trinajstić information content (AvgIpc) is 2.57. The van der Waals surface area contributed by atoms with Crippen LogP contribution >= 0.6 is 0 Å². The maximum atomic E-state index is 9.30. The van der Waals surface area contributed by atoms with Crippen molar-refractivity contribution in [3.63, 3.8) is 0 Å². The molecule has 0 spiro atoms. The first kappa shape index (κ1) is 15.3. The molecule has 3 rings (SSSR count). The molecule has 2 heterocycles. The summed E-state index contributed by atoms with van der Waals surface area (Å²) in [6, 6.07) is 10.1. The van der Waals surface area contributed by atoms with Crippen LogP contribution in [0.25, 0.3) is 0 Å². The fraction of sp³-hybridized carbons (Fsp3) is 0.333. The van der Waals surface area contributed by atoms with Crippen LogP contribution in [0.3, 0.4) is 0 Å². The Morgan fingerprint density at radius 1 is 1.43 bits per heavy atom. The summed E-state index contributed by atoms with van der Waals surface area (Å²) < 4.78 is 0. The number of nitrogens with zero attached hydrogens (tertiary/aromatic N) is 3. The lowest BCUT2D eigenvalue weighted by molar-refractivity contribution is 0.255. The van der Waals surface area contributed by atoms with E-state index in [2.05, 4.69) is 27.9 Å². The number of benzene rings is 1. The summed E-state index contributed by atoms with van der Waals surface area (Å²) >= 11 is 0. The summed E-state index contributed by atoms with van der Waals surface area (Å²) in [7, 11) is 0. The molecule has 0 aromatic heterocycles. The molecule has 0 saturated carbocycles. The zero-order valence-electron chi connectivity index (χ0n) is 13.1. The Labute approximate surface area is 136 Å². The van der Waals surface area contributed by atoms with Crippen LogP contribution in [0.5, 0.6) is 0 Å². The Balaban J connectivity index is 1.95. The van der Waals surface area contributed by atoms with Crippen LogP contribution in [0, 0.1) is 11.3 Å². The summed E-state index contributed by atoms with van der Waals surface area (Å²) in [5, 5.41) is 12.4. The third-order valence-corrected chi connectivity index (χ3v) is 4.32. The van der Waals surface area contributed by atoms with Crippen molar-refractivity contribution >= 4 is 6.34 Å². The lowest BCUT2D eigenvalue weighted by atomic mass is 9.97. The molecule has 0 bridgehead atoms. The van der Waals surface area contributed by atoms with E-state index in [4.69, 9.17) is 5.73 Å². The van der Waals surface area contributed by atoms with Gasteiger partial charge >= 0.3 is 0 Å². The van der Waals surface area contributed by atoms with Gasteiger partial charge in [-0.3, -0.25) is 0 Å². The number of nitriles is 1. The fourth-order valence-corrected chi connectivity index (χ4v) is 3.11. The molecule has 2 aliphatic heterocycles. The van der Waals surface area contributed by atoms with Gasteiger partial charge in [-0.15, -0.1) is 0 Å². The van der Waals surface area contributed by atoms with Crippen molar-refractivity contribution in [2.75, 3.05) is 13.1 Å². The molecule has 118 valence electrons. The lowest BCUT2D eigenvalue weighted by Gasteiger charge is -2.35. The minimum Gasteiger partial charge on any atom is -0.355 e. The van der Waals surface area contributed by atoms with Gasteiger partial charge in [-0.05, 0) is 24.5 Å². The van der Waals surface area contributed by atoms with Crippen molar-refractivity contribution in [1.29, 1.82) is 5.26 Å². The minimum absolute atomic E-state index is 0.183. The van der Waals surface area contributed by atoms with E-state index in [0.29, 0.717) is 12.0 Å². The van der Waals surface area contributed by atoms with Gasteiger partial charge in [0.2, 0.25) is 0 Å². The molecule has 1 aromatic carbocycles. The van der Waals surface area contributed by atoms with Crippen molar-refractivity contribution < 1.29 is 0 Å². The van der Waals surface area contributed by atoms with E-state index in [-0.39, 0.29) is 6.04 Å². The molecule has 23 heavy (non-hydrogen) atoms. The summed E-state index contributed by atoms with van der Waals surface area (Å²) in [6.45, 7) is 5.87. The first-order valence-corrected chi connectivity index (χ1v) is 7.89. The zero-order chi connectivity index (χ0) is 16.2. The Hall–Kier alpha value is -2.58. The topological polar surface area (TPSA) is 77.4 Å². The molecular formula is C18H21N5. The Morgan fingerprint density at radius 3 is 3.04 bits per heavy atom. The predicted molar refractivity (Wildman–Crippen MR) is 91.4 cm³/mol. The molecule has 0 unspecified atom stereocenters. The summed E-state index contributed by atoms with van der Waals surface area (Å²) in [4.78, 5) is 6.78. The minimum atomic E-state index is 0.183. The summed E-state index contributed by atoms with van der Waals surface area (Å²) in [5.74, 6) is 0.927. The van der Waals surface area contributed by atoms with E-state index < -0.39 is 0 Å². The number of piperidine rings is 1. The molecular weight excluding hydrogens is 286 g/mol. The molecule has 1 atom stereocenters. The maximum absolute atomic E-state index is 9.30. The number of nitrogens with one attached hydrogen (secondary N) is 1. The van der Waals surface area contributed by atoms with Crippen molar-refractivity contribution in [3.8, 4) is 6.07 Å². The van der Waals surface area contributed by atoms with Crippen LogP contribution in [0.15, 0.2) is 52.9 Å². The average molecular weight is 307 g/mol. The summed E-state index contributed by atoms with van der Waals surface area (Å²) in [6.07, 6.45) is 4.44. The third kappa shape index (κ3) is 3.27. The van der Waals surface area contributed by atoms with Gasteiger partial charge in [0.15, 0.2) is 0 Å². The number of hydrogen-bond donors (Lipinski definition) is 2. The van der Waals surface area contributed by atoms with Gasteiger partial charge in [0.25, 0.3) is 0 Å². The van der Waals surface area contributed by atoms with E-state index in [0.717, 1.165) is 48.6 Å². The second-order valence-corrected chi connectivity index (χ2v) is 5.98. The summed E-state index contributed by atoms with van der Waals surface area (Å²) in [5.41, 5.74) is 9.66. The smallest absolute Gasteiger partial charge is 0.135 e. The zero-order valence-corrected chi connectivity index (χ0v) is 13.1. The van der Waals surface area contributed by atoms with E-state index in [1.807, 2.05) is 24.3 Å². The molecule has 1 aromatic rings. The Morgan fingerprint density at radius 2 is 2.26 bits per heavy atom. The SMILES string of the molecule is C=C1NC=NC(N2CCC[C@H](N)C2)=C1Cc1ccccc1C#N. The van der Waals surface area contributed by atoms with Crippen molar-refractivity contribution in [3.05, 3.63) is 59.1 Å². The largest absolute Gasteiger partial charge is 0.355 e. The van der Waals surface area contributed by atoms with Crippen molar-refractivity contribution in [2.45, 2.75) is 25.3 Å². The number of aliphatic imine (C=N–C) groups is 1. The molecule has 0 radical (unpaired) electrons. The molecule has 2 aliphatic rings. The van der Waals surface area contributed by atoms with Gasteiger partial charge in [0, 0.05) is 36.8 Å². The van der Waals surface area contributed by atoms with Gasteiger partial charge in [-0.1, -0.05) is 24.8 Å².